The number of allylic oxidation sites excluding steroid dienone is 1. The fraction of sp³-hybridized carbons (Fsp3) is 0.516. The molecule has 1 saturated heterocycles. The number of carbonyl (C=O) groups is 1. The highest BCUT2D eigenvalue weighted by Gasteiger charge is 2.50. The van der Waals surface area contributed by atoms with E-state index >= 15 is 0 Å². The minimum atomic E-state index is -5.78. The highest BCUT2D eigenvalue weighted by atomic mass is 32.2. The van der Waals surface area contributed by atoms with Gasteiger partial charge in [-0.15, -0.1) is 0 Å². The molecule has 1 aliphatic heterocycles. The molecule has 1 fully saturated rings. The van der Waals surface area contributed by atoms with E-state index in [2.05, 4.69) is 0 Å². The Labute approximate surface area is 271 Å². The van der Waals surface area contributed by atoms with Gasteiger partial charge in [0.25, 0.3) is 0 Å². The topological polar surface area (TPSA) is 76.2 Å². The molecule has 0 unspecified atom stereocenters. The lowest BCUT2D eigenvalue weighted by Gasteiger charge is -2.36. The molecule has 7 nitrogen and oxygen atoms in total. The number of halogens is 9. The van der Waals surface area contributed by atoms with Crippen LogP contribution in [0, 0.1) is 12.3 Å². The zero-order valence-corrected chi connectivity index (χ0v) is 27.4. The van der Waals surface area contributed by atoms with Crippen molar-refractivity contribution < 1.29 is 62.2 Å². The fourth-order valence-corrected chi connectivity index (χ4v) is 6.86. The summed E-state index contributed by atoms with van der Waals surface area (Å²) in [6, 6.07) is 2.58. The van der Waals surface area contributed by atoms with Gasteiger partial charge in [0.05, 0.1) is 30.0 Å². The number of hydrogen-bond acceptors (Lipinski definition) is 5. The Hall–Kier alpha value is -3.63. The number of rotatable bonds is 7. The highest BCUT2D eigenvalue weighted by Crippen LogP contribution is 2.48. The molecule has 266 valence electrons. The van der Waals surface area contributed by atoms with Gasteiger partial charge in [0.1, 0.15) is 11.9 Å². The maximum atomic E-state index is 13.6. The molecular formula is C31H33F9N2O5S. The molecule has 1 amide bonds. The van der Waals surface area contributed by atoms with Crippen molar-refractivity contribution in [2.24, 2.45) is 5.41 Å². The fourth-order valence-electron chi connectivity index (χ4n) is 6.10. The zero-order valence-electron chi connectivity index (χ0n) is 26.6. The summed E-state index contributed by atoms with van der Waals surface area (Å²) in [5, 5.41) is 0. The number of benzene rings is 2. The van der Waals surface area contributed by atoms with Crippen LogP contribution < -0.4 is 9.04 Å². The Morgan fingerprint density at radius 3 is 2.04 bits per heavy atom. The summed E-state index contributed by atoms with van der Waals surface area (Å²) in [5.41, 5.74) is -8.32. The number of alkyl halides is 9. The zero-order chi connectivity index (χ0) is 36.4. The van der Waals surface area contributed by atoms with Crippen LogP contribution in [0.5, 0.6) is 5.75 Å². The number of cyclic esters (lactones) is 1. The van der Waals surface area contributed by atoms with Gasteiger partial charge in [0.15, 0.2) is 0 Å². The number of ether oxygens (including phenoxy) is 2. The third-order valence-electron chi connectivity index (χ3n) is 8.70. The molecule has 48 heavy (non-hydrogen) atoms. The van der Waals surface area contributed by atoms with Crippen LogP contribution in [0.25, 0.3) is 5.57 Å². The van der Waals surface area contributed by atoms with Crippen molar-refractivity contribution in [1.29, 1.82) is 0 Å². The molecule has 2 aliphatic rings. The molecule has 0 spiro atoms. The lowest BCUT2D eigenvalue weighted by molar-refractivity contribution is -0.143. The Morgan fingerprint density at radius 1 is 0.979 bits per heavy atom. The maximum absolute atomic E-state index is 13.6. The summed E-state index contributed by atoms with van der Waals surface area (Å²) < 4.78 is 157. The van der Waals surface area contributed by atoms with Gasteiger partial charge in [-0.1, -0.05) is 13.8 Å². The van der Waals surface area contributed by atoms with Crippen LogP contribution in [0.3, 0.4) is 0 Å². The minimum Gasteiger partial charge on any atom is -0.496 e. The van der Waals surface area contributed by atoms with E-state index in [-0.39, 0.29) is 44.9 Å². The standard InChI is InChI=1S/C31H33F9N2O5S/c1-16-9-25(46-6)23(13-24(16)41(5)48(44,45)31(38,39)40)22-7-8-28(3,4)14-19(22)15-42-17(2)26(47-27(42)43)18-10-20(29(32,33)34)12-21(11-18)30(35,36)37/h9-13,17,26H,7-8,14-15H2,1-6H3/t17-,26-/m0/s1. The first kappa shape index (κ1) is 37.2. The van der Waals surface area contributed by atoms with Gasteiger partial charge >= 0.3 is 34.0 Å². The highest BCUT2D eigenvalue weighted by molar-refractivity contribution is 7.93. The van der Waals surface area contributed by atoms with Crippen molar-refractivity contribution in [2.75, 3.05) is 25.0 Å². The average Bonchev–Trinajstić information content (AvgIpc) is 3.23. The van der Waals surface area contributed by atoms with E-state index < -0.39 is 62.8 Å². The Morgan fingerprint density at radius 2 is 1.54 bits per heavy atom. The van der Waals surface area contributed by atoms with E-state index in [0.29, 0.717) is 42.5 Å². The normalized spacial score (nSPS) is 20.6. The molecule has 1 aliphatic carbocycles. The van der Waals surface area contributed by atoms with Gasteiger partial charge in [-0.05, 0) is 91.1 Å². The molecular weight excluding hydrogens is 683 g/mol. The summed E-state index contributed by atoms with van der Waals surface area (Å²) in [7, 11) is -3.70. The van der Waals surface area contributed by atoms with Crippen molar-refractivity contribution >= 4 is 27.4 Å². The molecule has 2 atom stereocenters. The molecule has 0 N–H and O–H groups in total. The van der Waals surface area contributed by atoms with Crippen molar-refractivity contribution in [3.05, 3.63) is 63.7 Å². The van der Waals surface area contributed by atoms with Crippen molar-refractivity contribution in [2.45, 2.75) is 77.0 Å². The quantitative estimate of drug-likeness (QED) is 0.268. The second-order valence-electron chi connectivity index (χ2n) is 12.7. The van der Waals surface area contributed by atoms with Crippen LogP contribution >= 0.6 is 0 Å². The van der Waals surface area contributed by atoms with Gasteiger partial charge in [-0.3, -0.25) is 9.21 Å². The number of hydrogen-bond donors (Lipinski definition) is 0. The third kappa shape index (κ3) is 7.20. The first-order valence-corrected chi connectivity index (χ1v) is 15.9. The molecule has 2 aromatic carbocycles. The minimum absolute atomic E-state index is 0.0233. The summed E-state index contributed by atoms with van der Waals surface area (Å²) in [5.74, 6) is 0.208. The molecule has 1 heterocycles. The summed E-state index contributed by atoms with van der Waals surface area (Å²) >= 11 is 0. The number of nitrogens with zero attached hydrogens (tertiary/aromatic N) is 2. The van der Waals surface area contributed by atoms with E-state index in [4.69, 9.17) is 9.47 Å². The van der Waals surface area contributed by atoms with Crippen LogP contribution in [-0.4, -0.2) is 51.7 Å². The van der Waals surface area contributed by atoms with E-state index in [9.17, 15) is 52.7 Å². The first-order chi connectivity index (χ1) is 21.8. The predicted molar refractivity (Wildman–Crippen MR) is 157 cm³/mol. The number of amides is 1. The third-order valence-corrected chi connectivity index (χ3v) is 10.2. The van der Waals surface area contributed by atoms with Gasteiger partial charge in [0, 0.05) is 19.2 Å². The lowest BCUT2D eigenvalue weighted by Crippen LogP contribution is -2.38. The van der Waals surface area contributed by atoms with Crippen LogP contribution in [0.15, 0.2) is 35.9 Å². The van der Waals surface area contributed by atoms with Gasteiger partial charge in [-0.2, -0.15) is 47.9 Å². The number of methoxy groups -OCH3 is 1. The smallest absolute Gasteiger partial charge is 0.496 e. The second kappa shape index (κ2) is 12.4. The molecule has 0 saturated carbocycles. The molecule has 17 heteroatoms. The Bertz CT molecular complexity index is 1700. The van der Waals surface area contributed by atoms with Crippen LogP contribution in [0.2, 0.25) is 0 Å². The number of anilines is 1. The van der Waals surface area contributed by atoms with Crippen LogP contribution in [0.1, 0.15) is 74.0 Å². The van der Waals surface area contributed by atoms with Crippen molar-refractivity contribution in [3.63, 3.8) is 0 Å². The average molecular weight is 717 g/mol. The van der Waals surface area contributed by atoms with Gasteiger partial charge in [0.2, 0.25) is 0 Å². The number of aryl methyl sites for hydroxylation is 1. The van der Waals surface area contributed by atoms with E-state index in [1.54, 1.807) is 0 Å². The predicted octanol–water partition coefficient (Wildman–Crippen LogP) is 8.87. The Balaban J connectivity index is 1.81. The number of sulfonamides is 1. The molecule has 0 bridgehead atoms. The van der Waals surface area contributed by atoms with E-state index in [0.717, 1.165) is 11.9 Å². The largest absolute Gasteiger partial charge is 0.516 e. The van der Waals surface area contributed by atoms with Crippen molar-refractivity contribution in [1.82, 2.24) is 4.90 Å². The molecule has 2 aromatic rings. The maximum Gasteiger partial charge on any atom is 0.516 e. The van der Waals surface area contributed by atoms with Crippen LogP contribution in [0.4, 0.5) is 50.0 Å². The van der Waals surface area contributed by atoms with E-state index in [1.165, 1.54) is 33.1 Å². The first-order valence-electron chi connectivity index (χ1n) is 14.5. The monoisotopic (exact) mass is 716 g/mol. The summed E-state index contributed by atoms with van der Waals surface area (Å²) in [6.45, 7) is 6.49. The molecule has 4 rings (SSSR count). The second-order valence-corrected chi connectivity index (χ2v) is 14.7. The van der Waals surface area contributed by atoms with Crippen molar-refractivity contribution in [3.8, 4) is 5.75 Å². The summed E-state index contributed by atoms with van der Waals surface area (Å²) in [4.78, 5) is 14.3. The van der Waals surface area contributed by atoms with Crippen LogP contribution in [-0.2, 0) is 27.1 Å². The summed E-state index contributed by atoms with van der Waals surface area (Å²) in [6.07, 6.45) is -11.5. The molecule has 0 radical (unpaired) electrons. The number of carbonyl (C=O) groups excluding carboxylic acids is 1. The Kier molecular flexibility index (Phi) is 9.58. The molecule has 0 aromatic heterocycles. The van der Waals surface area contributed by atoms with E-state index in [1.807, 2.05) is 13.8 Å². The van der Waals surface area contributed by atoms with Gasteiger partial charge in [-0.25, -0.2) is 4.79 Å². The SMILES string of the molecule is COc1cc(C)c(N(C)S(=O)(=O)C(F)(F)F)cc1C1=C(CN2C(=O)O[C@H](c3cc(C(F)(F)F)cc(C(F)(F)F)c3)[C@@H]2C)CC(C)(C)CC1. The lowest BCUT2D eigenvalue weighted by atomic mass is 9.72. The van der Waals surface area contributed by atoms with Gasteiger partial charge < -0.3 is 9.47 Å².